The number of piperidine rings is 1. The van der Waals surface area contributed by atoms with Gasteiger partial charge in [-0.15, -0.1) is 0 Å². The van der Waals surface area contributed by atoms with Crippen molar-refractivity contribution in [2.75, 3.05) is 26.7 Å². The number of nitrogens with zero attached hydrogens (tertiary/aromatic N) is 1. The predicted molar refractivity (Wildman–Crippen MR) is 60.2 cm³/mol. The van der Waals surface area contributed by atoms with Crippen LogP contribution in [-0.4, -0.2) is 37.6 Å². The maximum absolute atomic E-state index is 3.39. The van der Waals surface area contributed by atoms with Gasteiger partial charge >= 0.3 is 0 Å². The standard InChI is InChI=1S/C9H20N2.C2H6/c1-3-8-11(2)9-4-6-10-7-5-9;1-2/h9-10H,3-8H2,1-2H3;1-2H3. The van der Waals surface area contributed by atoms with Crippen molar-refractivity contribution in [3.8, 4) is 0 Å². The van der Waals surface area contributed by atoms with Crippen LogP contribution in [-0.2, 0) is 0 Å². The average Bonchev–Trinajstić information content (AvgIpc) is 2.23. The Morgan fingerprint density at radius 3 is 2.23 bits per heavy atom. The summed E-state index contributed by atoms with van der Waals surface area (Å²) in [4.78, 5) is 2.50. The molecule has 1 saturated heterocycles. The summed E-state index contributed by atoms with van der Waals surface area (Å²) in [5, 5.41) is 3.39. The minimum Gasteiger partial charge on any atom is -0.317 e. The molecular weight excluding hydrogens is 160 g/mol. The van der Waals surface area contributed by atoms with E-state index in [-0.39, 0.29) is 0 Å². The molecule has 1 heterocycles. The summed E-state index contributed by atoms with van der Waals surface area (Å²) < 4.78 is 0. The van der Waals surface area contributed by atoms with Crippen molar-refractivity contribution in [1.29, 1.82) is 0 Å². The van der Waals surface area contributed by atoms with E-state index in [1.54, 1.807) is 0 Å². The van der Waals surface area contributed by atoms with Crippen LogP contribution in [0.1, 0.15) is 40.0 Å². The van der Waals surface area contributed by atoms with Gasteiger partial charge in [-0.1, -0.05) is 20.8 Å². The Kier molecular flexibility index (Phi) is 8.46. The van der Waals surface area contributed by atoms with Crippen LogP contribution < -0.4 is 5.32 Å². The largest absolute Gasteiger partial charge is 0.317 e. The van der Waals surface area contributed by atoms with Crippen LogP contribution in [0.3, 0.4) is 0 Å². The Bertz CT molecular complexity index is 98.3. The summed E-state index contributed by atoms with van der Waals surface area (Å²) in [5.74, 6) is 0. The van der Waals surface area contributed by atoms with Gasteiger partial charge in [-0.3, -0.25) is 0 Å². The highest BCUT2D eigenvalue weighted by Crippen LogP contribution is 2.09. The fourth-order valence-corrected chi connectivity index (χ4v) is 1.78. The van der Waals surface area contributed by atoms with Crippen molar-refractivity contribution in [2.24, 2.45) is 0 Å². The SMILES string of the molecule is CC.CCCN(C)C1CCNCC1. The molecule has 0 atom stereocenters. The van der Waals surface area contributed by atoms with Crippen molar-refractivity contribution in [3.63, 3.8) is 0 Å². The van der Waals surface area contributed by atoms with E-state index in [1.807, 2.05) is 13.8 Å². The zero-order chi connectivity index (χ0) is 10.1. The molecule has 0 radical (unpaired) electrons. The smallest absolute Gasteiger partial charge is 0.0116 e. The molecule has 1 N–H and O–H groups in total. The van der Waals surface area contributed by atoms with Gasteiger partial charge in [0, 0.05) is 6.04 Å². The van der Waals surface area contributed by atoms with E-state index in [0.29, 0.717) is 0 Å². The first-order valence-corrected chi connectivity index (χ1v) is 5.75. The normalized spacial score (nSPS) is 18.2. The molecule has 2 heteroatoms. The number of nitrogens with one attached hydrogen (secondary N) is 1. The molecule has 1 aliphatic rings. The van der Waals surface area contributed by atoms with Gasteiger partial charge in [0.15, 0.2) is 0 Å². The molecule has 0 aromatic carbocycles. The second-order valence-electron chi connectivity index (χ2n) is 3.46. The second kappa shape index (κ2) is 8.52. The Hall–Kier alpha value is -0.0800. The van der Waals surface area contributed by atoms with Gasteiger partial charge in [-0.2, -0.15) is 0 Å². The molecule has 0 spiro atoms. The van der Waals surface area contributed by atoms with E-state index in [4.69, 9.17) is 0 Å². The number of rotatable bonds is 3. The van der Waals surface area contributed by atoms with Crippen molar-refractivity contribution >= 4 is 0 Å². The number of hydrogen-bond donors (Lipinski definition) is 1. The van der Waals surface area contributed by atoms with E-state index in [0.717, 1.165) is 6.04 Å². The third-order valence-corrected chi connectivity index (χ3v) is 2.51. The van der Waals surface area contributed by atoms with Gasteiger partial charge in [-0.05, 0) is 45.9 Å². The van der Waals surface area contributed by atoms with Gasteiger partial charge in [0.05, 0.1) is 0 Å². The Balaban J connectivity index is 0.000000671. The monoisotopic (exact) mass is 186 g/mol. The highest BCUT2D eigenvalue weighted by atomic mass is 15.1. The van der Waals surface area contributed by atoms with Crippen LogP contribution in [0.15, 0.2) is 0 Å². The number of hydrogen-bond acceptors (Lipinski definition) is 2. The second-order valence-corrected chi connectivity index (χ2v) is 3.46. The lowest BCUT2D eigenvalue weighted by Gasteiger charge is -2.31. The summed E-state index contributed by atoms with van der Waals surface area (Å²) in [6.45, 7) is 9.92. The molecule has 0 unspecified atom stereocenters. The topological polar surface area (TPSA) is 15.3 Å². The molecular formula is C11H26N2. The van der Waals surface area contributed by atoms with Crippen LogP contribution >= 0.6 is 0 Å². The minimum absolute atomic E-state index is 0.844. The zero-order valence-electron chi connectivity index (χ0n) is 9.77. The quantitative estimate of drug-likeness (QED) is 0.726. The molecule has 0 saturated carbocycles. The molecule has 1 rings (SSSR count). The van der Waals surface area contributed by atoms with E-state index >= 15 is 0 Å². The van der Waals surface area contributed by atoms with Gasteiger partial charge in [0.25, 0.3) is 0 Å². The summed E-state index contributed by atoms with van der Waals surface area (Å²) in [5.41, 5.74) is 0. The summed E-state index contributed by atoms with van der Waals surface area (Å²) in [6, 6.07) is 0.844. The highest BCUT2D eigenvalue weighted by molar-refractivity contribution is 4.75. The molecule has 0 aromatic rings. The van der Waals surface area contributed by atoms with E-state index in [2.05, 4.69) is 24.2 Å². The first-order valence-electron chi connectivity index (χ1n) is 5.75. The van der Waals surface area contributed by atoms with Gasteiger partial charge in [0.2, 0.25) is 0 Å². The maximum atomic E-state index is 3.39. The van der Waals surface area contributed by atoms with Crippen molar-refractivity contribution < 1.29 is 0 Å². The zero-order valence-corrected chi connectivity index (χ0v) is 9.77. The summed E-state index contributed by atoms with van der Waals surface area (Å²) in [7, 11) is 2.25. The lowest BCUT2D eigenvalue weighted by atomic mass is 10.1. The van der Waals surface area contributed by atoms with Crippen LogP contribution in [0.2, 0.25) is 0 Å². The van der Waals surface area contributed by atoms with Crippen molar-refractivity contribution in [1.82, 2.24) is 10.2 Å². The molecule has 0 amide bonds. The highest BCUT2D eigenvalue weighted by Gasteiger charge is 2.16. The Morgan fingerprint density at radius 2 is 1.77 bits per heavy atom. The third kappa shape index (κ3) is 5.27. The Morgan fingerprint density at radius 1 is 1.23 bits per heavy atom. The van der Waals surface area contributed by atoms with Crippen LogP contribution in [0.25, 0.3) is 0 Å². The van der Waals surface area contributed by atoms with Crippen LogP contribution in [0, 0.1) is 0 Å². The van der Waals surface area contributed by atoms with Crippen LogP contribution in [0.5, 0.6) is 0 Å². The van der Waals surface area contributed by atoms with Crippen LogP contribution in [0.4, 0.5) is 0 Å². The lowest BCUT2D eigenvalue weighted by Crippen LogP contribution is -2.41. The Labute approximate surface area is 83.7 Å². The van der Waals surface area contributed by atoms with Gasteiger partial charge in [-0.25, -0.2) is 0 Å². The van der Waals surface area contributed by atoms with E-state index in [9.17, 15) is 0 Å². The van der Waals surface area contributed by atoms with E-state index < -0.39 is 0 Å². The molecule has 0 bridgehead atoms. The molecule has 80 valence electrons. The maximum Gasteiger partial charge on any atom is 0.0116 e. The molecule has 13 heavy (non-hydrogen) atoms. The first kappa shape index (κ1) is 12.9. The lowest BCUT2D eigenvalue weighted by molar-refractivity contribution is 0.199. The van der Waals surface area contributed by atoms with Crippen molar-refractivity contribution in [2.45, 2.75) is 46.1 Å². The molecule has 0 aliphatic carbocycles. The summed E-state index contributed by atoms with van der Waals surface area (Å²) in [6.07, 6.45) is 3.94. The molecule has 0 aromatic heterocycles. The summed E-state index contributed by atoms with van der Waals surface area (Å²) >= 11 is 0. The predicted octanol–water partition coefficient (Wildman–Crippen LogP) is 2.11. The average molecular weight is 186 g/mol. The molecule has 1 aliphatic heterocycles. The molecule has 2 nitrogen and oxygen atoms in total. The van der Waals surface area contributed by atoms with E-state index in [1.165, 1.54) is 38.9 Å². The first-order chi connectivity index (χ1) is 6.34. The minimum atomic E-state index is 0.844. The van der Waals surface area contributed by atoms with Crippen molar-refractivity contribution in [3.05, 3.63) is 0 Å². The van der Waals surface area contributed by atoms with Gasteiger partial charge in [0.1, 0.15) is 0 Å². The van der Waals surface area contributed by atoms with Gasteiger partial charge < -0.3 is 10.2 Å². The molecule has 1 fully saturated rings. The third-order valence-electron chi connectivity index (χ3n) is 2.51. The fourth-order valence-electron chi connectivity index (χ4n) is 1.78. The fraction of sp³-hybridized carbons (Fsp3) is 1.00.